The monoisotopic (exact) mass is 181 g/mol. The average Bonchev–Trinajstić information content (AvgIpc) is 2.44. The summed E-state index contributed by atoms with van der Waals surface area (Å²) >= 11 is 0. The van der Waals surface area contributed by atoms with Gasteiger partial charge in [0.25, 0.3) is 5.91 Å². The van der Waals surface area contributed by atoms with Crippen molar-refractivity contribution in [1.82, 2.24) is 15.1 Å². The van der Waals surface area contributed by atoms with Crippen molar-refractivity contribution in [2.45, 2.75) is 0 Å². The van der Waals surface area contributed by atoms with Gasteiger partial charge in [-0.15, -0.1) is 0 Å². The number of fused-ring (bicyclic) bond motifs is 1. The van der Waals surface area contributed by atoms with E-state index < -0.39 is 0 Å². The quantitative estimate of drug-likeness (QED) is 0.564. The van der Waals surface area contributed by atoms with Gasteiger partial charge in [0.2, 0.25) is 0 Å². The number of rotatable bonds is 0. The Balaban J connectivity index is 2.57. The molecule has 1 amide bonds. The standard InChI is InChI=1S/C7H11N5O/c1-11-3-12(2)7(13)4-5(8)9-10-6(4)11/h3H2,1-2H3,(H3,8,9,10). The van der Waals surface area contributed by atoms with Crippen LogP contribution in [0, 0.1) is 0 Å². The number of nitrogens with zero attached hydrogens (tertiary/aromatic N) is 3. The summed E-state index contributed by atoms with van der Waals surface area (Å²) in [5.74, 6) is 0.873. The minimum atomic E-state index is -0.0839. The molecule has 6 heteroatoms. The van der Waals surface area contributed by atoms with E-state index in [4.69, 9.17) is 5.73 Å². The Morgan fingerprint density at radius 1 is 1.46 bits per heavy atom. The molecule has 0 bridgehead atoms. The number of amides is 1. The number of carbonyl (C=O) groups excluding carboxylic acids is 1. The molecule has 13 heavy (non-hydrogen) atoms. The first-order valence-corrected chi connectivity index (χ1v) is 3.91. The van der Waals surface area contributed by atoms with E-state index in [1.807, 2.05) is 11.9 Å². The molecule has 0 saturated heterocycles. The van der Waals surface area contributed by atoms with Crippen LogP contribution in [-0.2, 0) is 0 Å². The van der Waals surface area contributed by atoms with Crippen molar-refractivity contribution in [1.29, 1.82) is 0 Å². The fourth-order valence-electron chi connectivity index (χ4n) is 1.47. The highest BCUT2D eigenvalue weighted by Gasteiger charge is 2.29. The van der Waals surface area contributed by atoms with Crippen LogP contribution < -0.4 is 10.6 Å². The molecule has 2 rings (SSSR count). The summed E-state index contributed by atoms with van der Waals surface area (Å²) in [6.45, 7) is 0.538. The first-order chi connectivity index (χ1) is 6.11. The molecular formula is C7H11N5O. The van der Waals surface area contributed by atoms with Gasteiger partial charge >= 0.3 is 0 Å². The second kappa shape index (κ2) is 2.38. The number of nitrogen functional groups attached to an aromatic ring is 1. The fourth-order valence-corrected chi connectivity index (χ4v) is 1.47. The van der Waals surface area contributed by atoms with E-state index in [2.05, 4.69) is 10.2 Å². The Morgan fingerprint density at radius 3 is 2.85 bits per heavy atom. The van der Waals surface area contributed by atoms with Crippen LogP contribution in [0.15, 0.2) is 0 Å². The molecule has 0 aliphatic carbocycles. The van der Waals surface area contributed by atoms with E-state index in [1.165, 1.54) is 0 Å². The van der Waals surface area contributed by atoms with Gasteiger partial charge in [-0.05, 0) is 0 Å². The molecule has 70 valence electrons. The summed E-state index contributed by atoms with van der Waals surface area (Å²) in [5.41, 5.74) is 6.05. The third-order valence-electron chi connectivity index (χ3n) is 2.12. The lowest BCUT2D eigenvalue weighted by Gasteiger charge is -2.30. The van der Waals surface area contributed by atoms with Gasteiger partial charge in [-0.2, -0.15) is 5.10 Å². The fraction of sp³-hybridized carbons (Fsp3) is 0.429. The molecule has 1 aliphatic heterocycles. The van der Waals surface area contributed by atoms with Crippen LogP contribution in [0.2, 0.25) is 0 Å². The van der Waals surface area contributed by atoms with Gasteiger partial charge in [0.1, 0.15) is 11.4 Å². The minimum Gasteiger partial charge on any atom is -0.383 e. The maximum atomic E-state index is 11.6. The number of nitrogens with two attached hydrogens (primary N) is 1. The third-order valence-corrected chi connectivity index (χ3v) is 2.12. The van der Waals surface area contributed by atoms with Crippen LogP contribution in [0.25, 0.3) is 0 Å². The maximum Gasteiger partial charge on any atom is 0.262 e. The number of anilines is 2. The van der Waals surface area contributed by atoms with Gasteiger partial charge < -0.3 is 15.5 Å². The van der Waals surface area contributed by atoms with Gasteiger partial charge in [-0.1, -0.05) is 0 Å². The molecule has 0 atom stereocenters. The molecule has 0 fully saturated rings. The molecule has 0 unspecified atom stereocenters. The number of aromatic nitrogens is 2. The number of hydrogen-bond acceptors (Lipinski definition) is 4. The van der Waals surface area contributed by atoms with Gasteiger partial charge in [0, 0.05) is 14.1 Å². The number of H-pyrrole nitrogens is 1. The third kappa shape index (κ3) is 0.947. The van der Waals surface area contributed by atoms with Crippen molar-refractivity contribution in [3.05, 3.63) is 5.56 Å². The van der Waals surface area contributed by atoms with Crippen molar-refractivity contribution in [3.63, 3.8) is 0 Å². The predicted molar refractivity (Wildman–Crippen MR) is 48.4 cm³/mol. The number of carbonyl (C=O) groups is 1. The molecule has 0 aromatic carbocycles. The Morgan fingerprint density at radius 2 is 2.15 bits per heavy atom. The van der Waals surface area contributed by atoms with Gasteiger partial charge in [-0.25, -0.2) is 0 Å². The average molecular weight is 181 g/mol. The predicted octanol–water partition coefficient (Wildman–Crippen LogP) is -0.529. The van der Waals surface area contributed by atoms with E-state index in [9.17, 15) is 4.79 Å². The zero-order valence-electron chi connectivity index (χ0n) is 7.53. The smallest absolute Gasteiger partial charge is 0.262 e. The molecule has 1 aromatic rings. The van der Waals surface area contributed by atoms with Crippen LogP contribution in [0.4, 0.5) is 11.6 Å². The van der Waals surface area contributed by atoms with Gasteiger partial charge in [-0.3, -0.25) is 9.89 Å². The second-order valence-corrected chi connectivity index (χ2v) is 3.18. The normalized spacial score (nSPS) is 16.3. The summed E-state index contributed by atoms with van der Waals surface area (Å²) < 4.78 is 0. The summed E-state index contributed by atoms with van der Waals surface area (Å²) in [6.07, 6.45) is 0. The first-order valence-electron chi connectivity index (χ1n) is 3.91. The highest BCUT2D eigenvalue weighted by molar-refractivity contribution is 6.04. The first kappa shape index (κ1) is 7.90. The Kier molecular flexibility index (Phi) is 1.45. The lowest BCUT2D eigenvalue weighted by Crippen LogP contribution is -2.42. The molecule has 0 saturated carbocycles. The van der Waals surface area contributed by atoms with E-state index in [1.54, 1.807) is 11.9 Å². The Labute approximate surface area is 75.3 Å². The van der Waals surface area contributed by atoms with Gasteiger partial charge in [0.15, 0.2) is 5.82 Å². The summed E-state index contributed by atoms with van der Waals surface area (Å²) in [5, 5.41) is 6.55. The number of hydrogen-bond donors (Lipinski definition) is 2. The molecule has 0 spiro atoms. The van der Waals surface area contributed by atoms with Crippen LogP contribution in [0.1, 0.15) is 10.4 Å². The van der Waals surface area contributed by atoms with Crippen LogP contribution in [0.3, 0.4) is 0 Å². The SMILES string of the molecule is CN1CN(C)c2n[nH]c(N)c2C1=O. The highest BCUT2D eigenvalue weighted by Crippen LogP contribution is 2.26. The molecule has 0 radical (unpaired) electrons. The molecule has 1 aliphatic rings. The lowest BCUT2D eigenvalue weighted by atomic mass is 10.2. The minimum absolute atomic E-state index is 0.0839. The Hall–Kier alpha value is -1.72. The second-order valence-electron chi connectivity index (χ2n) is 3.18. The number of nitrogens with one attached hydrogen (secondary N) is 1. The van der Waals surface area contributed by atoms with E-state index in [0.717, 1.165) is 0 Å². The maximum absolute atomic E-state index is 11.6. The Bertz CT molecular complexity index is 358. The molecule has 1 aromatic heterocycles. The van der Waals surface area contributed by atoms with Crippen molar-refractivity contribution in [2.24, 2.45) is 0 Å². The molecule has 6 nitrogen and oxygen atoms in total. The highest BCUT2D eigenvalue weighted by atomic mass is 16.2. The molecule has 2 heterocycles. The molecule has 3 N–H and O–H groups in total. The summed E-state index contributed by atoms with van der Waals surface area (Å²) in [6, 6.07) is 0. The van der Waals surface area contributed by atoms with E-state index in [0.29, 0.717) is 23.9 Å². The lowest BCUT2D eigenvalue weighted by molar-refractivity contribution is 0.0786. The van der Waals surface area contributed by atoms with Crippen molar-refractivity contribution in [2.75, 3.05) is 31.4 Å². The number of aromatic amines is 1. The van der Waals surface area contributed by atoms with Crippen LogP contribution >= 0.6 is 0 Å². The largest absolute Gasteiger partial charge is 0.383 e. The zero-order chi connectivity index (χ0) is 9.59. The van der Waals surface area contributed by atoms with Gasteiger partial charge in [0.05, 0.1) is 6.67 Å². The van der Waals surface area contributed by atoms with E-state index in [-0.39, 0.29) is 5.91 Å². The van der Waals surface area contributed by atoms with E-state index >= 15 is 0 Å². The van der Waals surface area contributed by atoms with Crippen molar-refractivity contribution >= 4 is 17.5 Å². The van der Waals surface area contributed by atoms with Crippen molar-refractivity contribution < 1.29 is 4.79 Å². The van der Waals surface area contributed by atoms with Crippen LogP contribution in [-0.4, -0.2) is 41.8 Å². The summed E-state index contributed by atoms with van der Waals surface area (Å²) in [4.78, 5) is 15.1. The molecular weight excluding hydrogens is 170 g/mol. The van der Waals surface area contributed by atoms with Crippen molar-refractivity contribution in [3.8, 4) is 0 Å². The zero-order valence-corrected chi connectivity index (χ0v) is 7.53. The van der Waals surface area contributed by atoms with Crippen LogP contribution in [0.5, 0.6) is 0 Å². The summed E-state index contributed by atoms with van der Waals surface area (Å²) in [7, 11) is 3.59. The topological polar surface area (TPSA) is 78.2 Å².